The summed E-state index contributed by atoms with van der Waals surface area (Å²) < 4.78 is 6.59. The summed E-state index contributed by atoms with van der Waals surface area (Å²) in [5.74, 6) is 0.875. The van der Waals surface area contributed by atoms with Crippen LogP contribution in [0.3, 0.4) is 0 Å². The van der Waals surface area contributed by atoms with E-state index in [1.807, 2.05) is 30.3 Å². The van der Waals surface area contributed by atoms with Crippen molar-refractivity contribution in [2.75, 3.05) is 11.0 Å². The van der Waals surface area contributed by atoms with Gasteiger partial charge in [0.15, 0.2) is 0 Å². The number of benzene rings is 1. The van der Waals surface area contributed by atoms with Crippen molar-refractivity contribution in [3.05, 3.63) is 36.5 Å². The Kier molecular flexibility index (Phi) is 3.18. The molecule has 0 unspecified atom stereocenters. The van der Waals surface area contributed by atoms with E-state index in [0.29, 0.717) is 0 Å². The minimum atomic E-state index is 0.732. The van der Waals surface area contributed by atoms with E-state index in [9.17, 15) is 0 Å². The Hall–Kier alpha value is -0.840. The van der Waals surface area contributed by atoms with E-state index in [1.54, 1.807) is 6.20 Å². The Morgan fingerprint density at radius 3 is 2.93 bits per heavy atom. The van der Waals surface area contributed by atoms with Gasteiger partial charge in [0.05, 0.1) is 6.61 Å². The van der Waals surface area contributed by atoms with E-state index in [1.165, 1.54) is 0 Å². The van der Waals surface area contributed by atoms with Crippen molar-refractivity contribution in [2.24, 2.45) is 0 Å². The minimum Gasteiger partial charge on any atom is -0.491 e. The second-order valence-electron chi connectivity index (χ2n) is 2.87. The molecular formula is C11H10INO. The fraction of sp³-hybridized carbons (Fsp3) is 0.182. The summed E-state index contributed by atoms with van der Waals surface area (Å²) in [7, 11) is 0. The van der Waals surface area contributed by atoms with Gasteiger partial charge in [0, 0.05) is 16.0 Å². The minimum absolute atomic E-state index is 0.732. The van der Waals surface area contributed by atoms with Crippen LogP contribution in [0.15, 0.2) is 36.5 Å². The third-order valence-corrected chi connectivity index (χ3v) is 2.37. The Balaban J connectivity index is 2.43. The quantitative estimate of drug-likeness (QED) is 0.642. The van der Waals surface area contributed by atoms with Gasteiger partial charge in [-0.05, 0) is 12.1 Å². The maximum Gasteiger partial charge on any atom is 0.145 e. The van der Waals surface area contributed by atoms with E-state index in [0.717, 1.165) is 27.7 Å². The van der Waals surface area contributed by atoms with Crippen LogP contribution in [0.4, 0.5) is 0 Å². The third kappa shape index (κ3) is 1.97. The van der Waals surface area contributed by atoms with Crippen LogP contribution in [0.1, 0.15) is 0 Å². The molecule has 1 aromatic heterocycles. The first-order valence-electron chi connectivity index (χ1n) is 4.44. The summed E-state index contributed by atoms with van der Waals surface area (Å²) in [5, 5.41) is 1.12. The number of pyridine rings is 1. The molecule has 2 aromatic rings. The van der Waals surface area contributed by atoms with Crippen LogP contribution in [0.5, 0.6) is 5.75 Å². The fourth-order valence-electron chi connectivity index (χ4n) is 1.34. The Morgan fingerprint density at radius 1 is 1.21 bits per heavy atom. The van der Waals surface area contributed by atoms with Crippen LogP contribution in [0.25, 0.3) is 10.9 Å². The van der Waals surface area contributed by atoms with Crippen molar-refractivity contribution in [2.45, 2.75) is 0 Å². The molecule has 1 aromatic carbocycles. The number of para-hydroxylation sites is 1. The molecule has 0 amide bonds. The third-order valence-electron chi connectivity index (χ3n) is 1.93. The highest BCUT2D eigenvalue weighted by molar-refractivity contribution is 14.1. The monoisotopic (exact) mass is 299 g/mol. The normalized spacial score (nSPS) is 10.4. The van der Waals surface area contributed by atoms with E-state index >= 15 is 0 Å². The molecule has 2 nitrogen and oxygen atoms in total. The maximum absolute atomic E-state index is 5.60. The zero-order chi connectivity index (χ0) is 9.80. The molecule has 0 aliphatic carbocycles. The molecule has 0 aliphatic rings. The van der Waals surface area contributed by atoms with Gasteiger partial charge in [-0.15, -0.1) is 0 Å². The van der Waals surface area contributed by atoms with Gasteiger partial charge in [-0.25, -0.2) is 0 Å². The fourth-order valence-corrected chi connectivity index (χ4v) is 1.56. The summed E-state index contributed by atoms with van der Waals surface area (Å²) in [6.45, 7) is 0.732. The van der Waals surface area contributed by atoms with Crippen molar-refractivity contribution >= 4 is 33.5 Å². The van der Waals surface area contributed by atoms with Crippen molar-refractivity contribution in [3.63, 3.8) is 0 Å². The maximum atomic E-state index is 5.60. The SMILES string of the molecule is ICCOc1cccc2cccnc12. The summed E-state index contributed by atoms with van der Waals surface area (Å²) in [6, 6.07) is 9.97. The van der Waals surface area contributed by atoms with Gasteiger partial charge >= 0.3 is 0 Å². The van der Waals surface area contributed by atoms with E-state index in [-0.39, 0.29) is 0 Å². The highest BCUT2D eigenvalue weighted by Gasteiger charge is 2.00. The van der Waals surface area contributed by atoms with Crippen LogP contribution >= 0.6 is 22.6 Å². The van der Waals surface area contributed by atoms with Crippen LogP contribution in [-0.2, 0) is 0 Å². The molecule has 0 radical (unpaired) electrons. The largest absolute Gasteiger partial charge is 0.491 e. The molecule has 72 valence electrons. The lowest BCUT2D eigenvalue weighted by Crippen LogP contribution is -1.98. The van der Waals surface area contributed by atoms with Gasteiger partial charge in [0.25, 0.3) is 0 Å². The smallest absolute Gasteiger partial charge is 0.145 e. The molecule has 0 spiro atoms. The number of halogens is 1. The number of fused-ring (bicyclic) bond motifs is 1. The highest BCUT2D eigenvalue weighted by Crippen LogP contribution is 2.22. The lowest BCUT2D eigenvalue weighted by atomic mass is 10.2. The van der Waals surface area contributed by atoms with Crippen LogP contribution in [0, 0.1) is 0 Å². The Labute approximate surface area is 96.4 Å². The molecule has 0 atom stereocenters. The number of ether oxygens (including phenoxy) is 1. The number of aromatic nitrogens is 1. The van der Waals surface area contributed by atoms with Crippen LogP contribution in [-0.4, -0.2) is 16.0 Å². The first kappa shape index (κ1) is 9.71. The lowest BCUT2D eigenvalue weighted by Gasteiger charge is -2.06. The number of hydrogen-bond donors (Lipinski definition) is 0. The standard InChI is InChI=1S/C11H10INO/c12-6-8-14-10-5-1-3-9-4-2-7-13-11(9)10/h1-5,7H,6,8H2. The first-order valence-corrected chi connectivity index (χ1v) is 5.97. The topological polar surface area (TPSA) is 22.1 Å². The molecule has 2 rings (SSSR count). The zero-order valence-electron chi connectivity index (χ0n) is 7.61. The van der Waals surface area contributed by atoms with Crippen molar-refractivity contribution in [1.29, 1.82) is 0 Å². The molecule has 0 aliphatic heterocycles. The lowest BCUT2D eigenvalue weighted by molar-refractivity contribution is 0.350. The number of nitrogens with zero attached hydrogens (tertiary/aromatic N) is 1. The number of rotatable bonds is 3. The molecular weight excluding hydrogens is 289 g/mol. The molecule has 14 heavy (non-hydrogen) atoms. The van der Waals surface area contributed by atoms with Gasteiger partial charge < -0.3 is 4.74 Å². The van der Waals surface area contributed by atoms with Crippen molar-refractivity contribution < 1.29 is 4.74 Å². The summed E-state index contributed by atoms with van der Waals surface area (Å²) in [5.41, 5.74) is 0.944. The van der Waals surface area contributed by atoms with Crippen LogP contribution < -0.4 is 4.74 Å². The second kappa shape index (κ2) is 4.59. The first-order chi connectivity index (χ1) is 6.92. The predicted molar refractivity (Wildman–Crippen MR) is 66.1 cm³/mol. The van der Waals surface area contributed by atoms with Gasteiger partial charge in [-0.2, -0.15) is 0 Å². The summed E-state index contributed by atoms with van der Waals surface area (Å²) >= 11 is 2.29. The van der Waals surface area contributed by atoms with E-state index < -0.39 is 0 Å². The summed E-state index contributed by atoms with van der Waals surface area (Å²) in [6.07, 6.45) is 1.79. The summed E-state index contributed by atoms with van der Waals surface area (Å²) in [4.78, 5) is 4.31. The second-order valence-corrected chi connectivity index (χ2v) is 3.95. The number of hydrogen-bond acceptors (Lipinski definition) is 2. The molecule has 1 heterocycles. The molecule has 0 saturated heterocycles. The van der Waals surface area contributed by atoms with Gasteiger partial charge in [0.1, 0.15) is 11.3 Å². The average Bonchev–Trinajstić information content (AvgIpc) is 2.26. The average molecular weight is 299 g/mol. The molecule has 0 fully saturated rings. The predicted octanol–water partition coefficient (Wildman–Crippen LogP) is 3.05. The van der Waals surface area contributed by atoms with Crippen molar-refractivity contribution in [3.8, 4) is 5.75 Å². The van der Waals surface area contributed by atoms with Gasteiger partial charge in [-0.1, -0.05) is 40.8 Å². The van der Waals surface area contributed by atoms with Crippen LogP contribution in [0.2, 0.25) is 0 Å². The molecule has 0 saturated carbocycles. The number of alkyl halides is 1. The molecule has 3 heteroatoms. The van der Waals surface area contributed by atoms with E-state index in [2.05, 4.69) is 27.6 Å². The molecule has 0 bridgehead atoms. The zero-order valence-corrected chi connectivity index (χ0v) is 9.77. The van der Waals surface area contributed by atoms with Gasteiger partial charge in [0.2, 0.25) is 0 Å². The van der Waals surface area contributed by atoms with Crippen molar-refractivity contribution in [1.82, 2.24) is 4.98 Å². The Bertz CT molecular complexity index is 425. The highest BCUT2D eigenvalue weighted by atomic mass is 127. The van der Waals surface area contributed by atoms with Gasteiger partial charge in [-0.3, -0.25) is 4.98 Å². The molecule has 0 N–H and O–H groups in total. The Morgan fingerprint density at radius 2 is 2.07 bits per heavy atom. The van der Waals surface area contributed by atoms with E-state index in [4.69, 9.17) is 4.74 Å².